The second kappa shape index (κ2) is 8.88. The summed E-state index contributed by atoms with van der Waals surface area (Å²) in [7, 11) is 3.86. The zero-order chi connectivity index (χ0) is 26.9. The number of nitrogens with one attached hydrogen (secondary N) is 1. The zero-order valence-corrected chi connectivity index (χ0v) is 22.4. The summed E-state index contributed by atoms with van der Waals surface area (Å²) in [6.45, 7) is 8.72. The molecule has 5 heterocycles. The summed E-state index contributed by atoms with van der Waals surface area (Å²) in [6.07, 6.45) is -0.182. The molecule has 38 heavy (non-hydrogen) atoms. The standard InChI is InChI=1S/C27H31FN8O2/c1-13(12-37)36-22-11-34(5)10-14(2)38-27-23(15(3)32-35(27)6)21-9-19-24(16(4)29-21)30-31-25(19)17-7-18(22)26(33-36)20(28)8-17/h7-9,13-14,37H,10-12H2,1-6H3,(H,30,31)/t13-,14-/m0/s1. The van der Waals surface area contributed by atoms with Crippen molar-refractivity contribution in [2.45, 2.75) is 46.4 Å². The van der Waals surface area contributed by atoms with E-state index >= 15 is 4.39 Å². The van der Waals surface area contributed by atoms with E-state index in [1.807, 2.05) is 53.9 Å². The largest absolute Gasteiger partial charge is 0.473 e. The summed E-state index contributed by atoms with van der Waals surface area (Å²) >= 11 is 0. The van der Waals surface area contributed by atoms with Crippen LogP contribution in [0.3, 0.4) is 0 Å². The number of aliphatic hydroxyl groups excluding tert-OH is 1. The maximum atomic E-state index is 15.6. The molecule has 0 fully saturated rings. The summed E-state index contributed by atoms with van der Waals surface area (Å²) in [5.74, 6) is 0.210. The van der Waals surface area contributed by atoms with E-state index in [0.717, 1.165) is 39.2 Å². The molecule has 0 radical (unpaired) electrons. The van der Waals surface area contributed by atoms with Gasteiger partial charge in [0.05, 0.1) is 46.5 Å². The normalized spacial score (nSPS) is 17.1. The third-order valence-electron chi connectivity index (χ3n) is 7.28. The van der Waals surface area contributed by atoms with Gasteiger partial charge in [-0.15, -0.1) is 0 Å². The van der Waals surface area contributed by atoms with Crippen LogP contribution in [0, 0.1) is 19.7 Å². The van der Waals surface area contributed by atoms with Gasteiger partial charge in [-0.05, 0) is 52.9 Å². The van der Waals surface area contributed by atoms with Crippen molar-refractivity contribution in [1.29, 1.82) is 0 Å². The summed E-state index contributed by atoms with van der Waals surface area (Å²) in [5, 5.41) is 28.3. The molecule has 0 aliphatic carbocycles. The average Bonchev–Trinajstić information content (AvgIpc) is 3.52. The number of rotatable bonds is 2. The molecule has 5 aromatic rings. The van der Waals surface area contributed by atoms with E-state index in [9.17, 15) is 5.11 Å². The number of aromatic amines is 1. The molecule has 6 rings (SSSR count). The predicted molar refractivity (Wildman–Crippen MR) is 142 cm³/mol. The number of ether oxygens (including phenoxy) is 1. The Hall–Kier alpha value is -3.83. The number of hydrogen-bond acceptors (Lipinski definition) is 7. The molecule has 1 aliphatic heterocycles. The van der Waals surface area contributed by atoms with E-state index in [1.54, 1.807) is 9.36 Å². The maximum Gasteiger partial charge on any atom is 0.221 e. The van der Waals surface area contributed by atoms with Crippen molar-refractivity contribution in [2.75, 3.05) is 20.2 Å². The van der Waals surface area contributed by atoms with Crippen molar-refractivity contribution in [2.24, 2.45) is 7.05 Å². The third kappa shape index (κ3) is 3.76. The van der Waals surface area contributed by atoms with E-state index in [2.05, 4.69) is 25.3 Å². The van der Waals surface area contributed by atoms with Crippen LogP contribution in [-0.4, -0.2) is 71.1 Å². The summed E-state index contributed by atoms with van der Waals surface area (Å²) in [6, 6.07) is 5.08. The fourth-order valence-corrected chi connectivity index (χ4v) is 5.52. The molecule has 2 N–H and O–H groups in total. The molecule has 0 amide bonds. The van der Waals surface area contributed by atoms with Crippen molar-refractivity contribution < 1.29 is 14.2 Å². The number of hydrogen-bond donors (Lipinski definition) is 2. The number of aromatic nitrogens is 7. The lowest BCUT2D eigenvalue weighted by atomic mass is 10.0. The molecule has 0 spiro atoms. The van der Waals surface area contributed by atoms with Gasteiger partial charge in [0.2, 0.25) is 5.88 Å². The van der Waals surface area contributed by atoms with E-state index in [4.69, 9.17) is 9.72 Å². The Balaban J connectivity index is 1.67. The first-order chi connectivity index (χ1) is 18.2. The lowest BCUT2D eigenvalue weighted by Gasteiger charge is -2.24. The van der Waals surface area contributed by atoms with Crippen molar-refractivity contribution in [3.05, 3.63) is 41.1 Å². The van der Waals surface area contributed by atoms with E-state index < -0.39 is 5.82 Å². The first kappa shape index (κ1) is 24.5. The molecule has 2 atom stereocenters. The van der Waals surface area contributed by atoms with Crippen LogP contribution in [0.1, 0.15) is 37.0 Å². The Labute approximate surface area is 219 Å². The number of fused-ring (bicyclic) bond motifs is 5. The van der Waals surface area contributed by atoms with Crippen LogP contribution in [0.2, 0.25) is 0 Å². The smallest absolute Gasteiger partial charge is 0.221 e. The highest BCUT2D eigenvalue weighted by Crippen LogP contribution is 2.38. The molecule has 4 aromatic heterocycles. The Kier molecular flexibility index (Phi) is 5.73. The Morgan fingerprint density at radius 1 is 1.16 bits per heavy atom. The van der Waals surface area contributed by atoms with Crippen LogP contribution >= 0.6 is 0 Å². The molecule has 0 saturated heterocycles. The second-order valence-corrected chi connectivity index (χ2v) is 10.4. The number of aliphatic hydroxyl groups is 1. The van der Waals surface area contributed by atoms with Gasteiger partial charge in [0.1, 0.15) is 17.3 Å². The van der Waals surface area contributed by atoms with E-state index in [1.165, 1.54) is 6.07 Å². The number of likely N-dealkylation sites (N-methyl/N-ethyl adjacent to an activating group) is 1. The fourth-order valence-electron chi connectivity index (χ4n) is 5.52. The molecule has 198 valence electrons. The van der Waals surface area contributed by atoms with Gasteiger partial charge in [0, 0.05) is 36.5 Å². The highest BCUT2D eigenvalue weighted by molar-refractivity contribution is 5.98. The first-order valence-electron chi connectivity index (χ1n) is 12.7. The minimum atomic E-state index is -0.432. The second-order valence-electron chi connectivity index (χ2n) is 10.4. The average molecular weight is 519 g/mol. The van der Waals surface area contributed by atoms with Crippen LogP contribution in [0.4, 0.5) is 4.39 Å². The minimum Gasteiger partial charge on any atom is -0.473 e. The number of halogens is 1. The zero-order valence-electron chi connectivity index (χ0n) is 22.4. The summed E-state index contributed by atoms with van der Waals surface area (Å²) < 4.78 is 25.6. The number of pyridine rings is 1. The van der Waals surface area contributed by atoms with E-state index in [0.29, 0.717) is 35.6 Å². The molecule has 1 aromatic carbocycles. The van der Waals surface area contributed by atoms with Gasteiger partial charge in [0.25, 0.3) is 0 Å². The van der Waals surface area contributed by atoms with Crippen molar-refractivity contribution in [3.8, 4) is 28.4 Å². The number of nitrogens with zero attached hydrogens (tertiary/aromatic N) is 7. The molecule has 1 aliphatic rings. The molecular formula is C27H31FN8O2. The number of benzene rings is 1. The van der Waals surface area contributed by atoms with Gasteiger partial charge in [-0.3, -0.25) is 19.7 Å². The van der Waals surface area contributed by atoms with E-state index in [-0.39, 0.29) is 24.3 Å². The van der Waals surface area contributed by atoms with Crippen molar-refractivity contribution >= 4 is 21.8 Å². The van der Waals surface area contributed by atoms with Gasteiger partial charge >= 0.3 is 0 Å². The molecule has 0 saturated carbocycles. The fraction of sp³-hybridized carbons (Fsp3) is 0.407. The van der Waals surface area contributed by atoms with Crippen molar-refractivity contribution in [3.63, 3.8) is 0 Å². The van der Waals surface area contributed by atoms with Gasteiger partial charge in [-0.25, -0.2) is 9.07 Å². The lowest BCUT2D eigenvalue weighted by Crippen LogP contribution is -2.32. The highest BCUT2D eigenvalue weighted by atomic mass is 19.1. The van der Waals surface area contributed by atoms with Crippen LogP contribution < -0.4 is 4.74 Å². The third-order valence-corrected chi connectivity index (χ3v) is 7.28. The van der Waals surface area contributed by atoms with Crippen LogP contribution in [0.25, 0.3) is 44.3 Å². The molecular weight excluding hydrogens is 487 g/mol. The van der Waals surface area contributed by atoms with Crippen LogP contribution in [0.15, 0.2) is 18.2 Å². The predicted octanol–water partition coefficient (Wildman–Crippen LogP) is 3.90. The first-order valence-corrected chi connectivity index (χ1v) is 12.7. The summed E-state index contributed by atoms with van der Waals surface area (Å²) in [5.41, 5.74) is 6.28. The minimum absolute atomic E-state index is 0.111. The van der Waals surface area contributed by atoms with Gasteiger partial charge in [0.15, 0.2) is 5.82 Å². The van der Waals surface area contributed by atoms with Gasteiger partial charge in [-0.2, -0.15) is 15.3 Å². The Morgan fingerprint density at radius 3 is 2.71 bits per heavy atom. The summed E-state index contributed by atoms with van der Waals surface area (Å²) in [4.78, 5) is 6.98. The molecule has 10 nitrogen and oxygen atoms in total. The van der Waals surface area contributed by atoms with Crippen LogP contribution in [-0.2, 0) is 13.6 Å². The topological polar surface area (TPSA) is 110 Å². The monoisotopic (exact) mass is 518 g/mol. The Morgan fingerprint density at radius 2 is 1.95 bits per heavy atom. The lowest BCUT2D eigenvalue weighted by molar-refractivity contribution is 0.145. The molecule has 4 bridgehead atoms. The Bertz CT molecular complexity index is 1700. The molecule has 11 heteroatoms. The van der Waals surface area contributed by atoms with Crippen LogP contribution in [0.5, 0.6) is 5.88 Å². The number of aryl methyl sites for hydroxylation is 3. The van der Waals surface area contributed by atoms with Crippen molar-refractivity contribution in [1.82, 2.24) is 39.6 Å². The SMILES string of the molecule is Cc1nn(C)c2c1-c1cc3c(n[nH]c3c(C)n1)-c1cc(F)c3nn([C@@H](C)CO)c(c3c1)CN(C)C[C@H](C)O2. The number of H-pyrrole nitrogens is 1. The maximum absolute atomic E-state index is 15.6. The quantitative estimate of drug-likeness (QED) is 0.365. The highest BCUT2D eigenvalue weighted by Gasteiger charge is 2.26. The molecule has 0 unspecified atom stereocenters. The van der Waals surface area contributed by atoms with Gasteiger partial charge in [-0.1, -0.05) is 0 Å². The van der Waals surface area contributed by atoms with Gasteiger partial charge < -0.3 is 9.84 Å².